The summed E-state index contributed by atoms with van der Waals surface area (Å²) in [6.45, 7) is 7.74. The summed E-state index contributed by atoms with van der Waals surface area (Å²) in [6.07, 6.45) is 11.4. The van der Waals surface area contributed by atoms with Crippen LogP contribution in [-0.4, -0.2) is 6.54 Å². The normalized spacial score (nSPS) is 15.0. The van der Waals surface area contributed by atoms with Crippen LogP contribution in [0.15, 0.2) is 101 Å². The Morgan fingerprint density at radius 1 is 0.763 bits per heavy atom. The summed E-state index contributed by atoms with van der Waals surface area (Å²) in [4.78, 5) is 6.50. The molecular formula is C34H31NS3. The van der Waals surface area contributed by atoms with E-state index in [-0.39, 0.29) is 0 Å². The standard InChI is InChI=1S/C34H31NS3/c1-4-24-26-13-7-10-16-29(26)36-31(24)21-19-23(34-25(5-2)27-14-8-11-17-30(27)38-34)20-22-33-35(6-3)28-15-9-12-18-32(28)37-33/h7-22H,4-6H2,1-3H3/b21-19+,23-20+,33-22+. The van der Waals surface area contributed by atoms with Crippen LogP contribution in [0.1, 0.15) is 41.7 Å². The number of allylic oxidation sites excluding steroid dienone is 4. The maximum Gasteiger partial charge on any atom is 0.0801 e. The number of nitrogens with zero attached hydrogens (tertiary/aromatic N) is 1. The summed E-state index contributed by atoms with van der Waals surface area (Å²) < 4.78 is 2.73. The first-order valence-electron chi connectivity index (χ1n) is 13.4. The van der Waals surface area contributed by atoms with Crippen LogP contribution in [0.25, 0.3) is 31.8 Å². The highest BCUT2D eigenvalue weighted by molar-refractivity contribution is 8.03. The number of rotatable bonds is 7. The van der Waals surface area contributed by atoms with Crippen molar-refractivity contribution in [1.29, 1.82) is 0 Å². The van der Waals surface area contributed by atoms with Crippen LogP contribution >= 0.6 is 34.4 Å². The zero-order valence-corrected chi connectivity index (χ0v) is 24.5. The Labute approximate surface area is 237 Å². The minimum absolute atomic E-state index is 0.958. The molecule has 0 amide bonds. The highest BCUT2D eigenvalue weighted by Crippen LogP contribution is 2.46. The van der Waals surface area contributed by atoms with Crippen molar-refractivity contribution >= 4 is 71.9 Å². The summed E-state index contributed by atoms with van der Waals surface area (Å²) in [6, 6.07) is 26.4. The van der Waals surface area contributed by atoms with Crippen molar-refractivity contribution in [2.45, 2.75) is 38.5 Å². The third-order valence-electron chi connectivity index (χ3n) is 7.17. The summed E-state index contributed by atoms with van der Waals surface area (Å²) in [5, 5.41) is 4.06. The molecule has 0 spiro atoms. The molecule has 190 valence electrons. The molecule has 1 aliphatic heterocycles. The van der Waals surface area contributed by atoms with Crippen LogP contribution in [0.3, 0.4) is 0 Å². The van der Waals surface area contributed by atoms with Gasteiger partial charge in [0.2, 0.25) is 0 Å². The minimum atomic E-state index is 0.958. The number of benzene rings is 3. The molecule has 0 saturated heterocycles. The molecule has 2 aromatic heterocycles. The Morgan fingerprint density at radius 2 is 1.42 bits per heavy atom. The molecule has 4 heteroatoms. The molecule has 0 N–H and O–H groups in total. The van der Waals surface area contributed by atoms with Gasteiger partial charge < -0.3 is 4.90 Å². The van der Waals surface area contributed by atoms with Gasteiger partial charge >= 0.3 is 0 Å². The second-order valence-corrected chi connectivity index (χ2v) is 12.5. The Kier molecular flexibility index (Phi) is 7.29. The van der Waals surface area contributed by atoms with Crippen molar-refractivity contribution in [1.82, 2.24) is 0 Å². The number of para-hydroxylation sites is 1. The van der Waals surface area contributed by atoms with Crippen LogP contribution in [0.4, 0.5) is 5.69 Å². The average Bonchev–Trinajstić information content (AvgIpc) is 3.63. The lowest BCUT2D eigenvalue weighted by Crippen LogP contribution is -2.16. The van der Waals surface area contributed by atoms with Crippen LogP contribution in [0.2, 0.25) is 0 Å². The van der Waals surface area contributed by atoms with E-state index < -0.39 is 0 Å². The number of fused-ring (bicyclic) bond motifs is 3. The van der Waals surface area contributed by atoms with E-state index in [0.717, 1.165) is 19.4 Å². The van der Waals surface area contributed by atoms with Gasteiger partial charge in [-0.2, -0.15) is 0 Å². The second kappa shape index (κ2) is 11.0. The molecule has 1 aliphatic rings. The fraction of sp³-hybridized carbons (Fsp3) is 0.176. The van der Waals surface area contributed by atoms with Gasteiger partial charge in [-0.3, -0.25) is 0 Å². The van der Waals surface area contributed by atoms with Gasteiger partial charge in [0.05, 0.1) is 10.7 Å². The monoisotopic (exact) mass is 549 g/mol. The van der Waals surface area contributed by atoms with Gasteiger partial charge in [0.15, 0.2) is 0 Å². The van der Waals surface area contributed by atoms with E-state index in [0.29, 0.717) is 0 Å². The Hall–Kier alpha value is -3.05. The summed E-state index contributed by atoms with van der Waals surface area (Å²) in [7, 11) is 0. The van der Waals surface area contributed by atoms with Crippen molar-refractivity contribution in [2.75, 3.05) is 11.4 Å². The molecule has 6 rings (SSSR count). The topological polar surface area (TPSA) is 3.24 Å². The van der Waals surface area contributed by atoms with Gasteiger partial charge in [-0.1, -0.05) is 86.3 Å². The van der Waals surface area contributed by atoms with Crippen LogP contribution < -0.4 is 4.90 Å². The van der Waals surface area contributed by atoms with Crippen LogP contribution in [0.5, 0.6) is 0 Å². The molecular weight excluding hydrogens is 519 g/mol. The van der Waals surface area contributed by atoms with Gasteiger partial charge in [0, 0.05) is 30.6 Å². The number of thiophene rings is 2. The number of aryl methyl sites for hydroxylation is 2. The molecule has 3 aromatic carbocycles. The number of anilines is 1. The molecule has 5 aromatic rings. The zero-order chi connectivity index (χ0) is 26.1. The largest absolute Gasteiger partial charge is 0.335 e. The smallest absolute Gasteiger partial charge is 0.0801 e. The number of hydrogen-bond acceptors (Lipinski definition) is 4. The summed E-state index contributed by atoms with van der Waals surface area (Å²) >= 11 is 5.69. The van der Waals surface area contributed by atoms with Crippen LogP contribution in [-0.2, 0) is 12.8 Å². The van der Waals surface area contributed by atoms with Crippen LogP contribution in [0, 0.1) is 0 Å². The molecule has 0 unspecified atom stereocenters. The zero-order valence-electron chi connectivity index (χ0n) is 22.0. The van der Waals surface area contributed by atoms with Crippen molar-refractivity contribution in [3.8, 4) is 0 Å². The highest BCUT2D eigenvalue weighted by atomic mass is 32.2. The van der Waals surface area contributed by atoms with E-state index in [1.807, 2.05) is 34.4 Å². The SMILES string of the molecule is CCc1c(/C=C/C(=C\C=C2\Sc3ccccc3N2CC)c2sc3ccccc3c2CC)sc2ccccc12. The summed E-state index contributed by atoms with van der Waals surface area (Å²) in [5.74, 6) is 0. The molecule has 3 heterocycles. The predicted molar refractivity (Wildman–Crippen MR) is 173 cm³/mol. The van der Waals surface area contributed by atoms with E-state index in [4.69, 9.17) is 0 Å². The molecule has 0 bridgehead atoms. The van der Waals surface area contributed by atoms with Gasteiger partial charge in [-0.15, -0.1) is 22.7 Å². The molecule has 0 aliphatic carbocycles. The first kappa shape index (κ1) is 25.2. The lowest BCUT2D eigenvalue weighted by atomic mass is 10.0. The van der Waals surface area contributed by atoms with E-state index in [1.165, 1.54) is 62.2 Å². The fourth-order valence-electron chi connectivity index (χ4n) is 5.34. The molecule has 1 nitrogen and oxygen atoms in total. The van der Waals surface area contributed by atoms with Crippen molar-refractivity contribution in [2.24, 2.45) is 0 Å². The van der Waals surface area contributed by atoms with E-state index >= 15 is 0 Å². The van der Waals surface area contributed by atoms with Crippen molar-refractivity contribution in [3.63, 3.8) is 0 Å². The average molecular weight is 550 g/mol. The third-order valence-corrected chi connectivity index (χ3v) is 10.7. The quantitative estimate of drug-likeness (QED) is 0.186. The lowest BCUT2D eigenvalue weighted by molar-refractivity contribution is 1.00. The number of hydrogen-bond donors (Lipinski definition) is 0. The Balaban J connectivity index is 1.48. The molecule has 38 heavy (non-hydrogen) atoms. The minimum Gasteiger partial charge on any atom is -0.335 e. The van der Waals surface area contributed by atoms with Crippen molar-refractivity contribution in [3.05, 3.63) is 117 Å². The van der Waals surface area contributed by atoms with Gasteiger partial charge in [0.1, 0.15) is 0 Å². The maximum absolute atomic E-state index is 2.42. The molecule has 0 atom stereocenters. The first-order valence-corrected chi connectivity index (χ1v) is 15.8. The van der Waals surface area contributed by atoms with Gasteiger partial charge in [-0.25, -0.2) is 0 Å². The first-order chi connectivity index (χ1) is 18.7. The van der Waals surface area contributed by atoms with Gasteiger partial charge in [0.25, 0.3) is 0 Å². The summed E-state index contributed by atoms with van der Waals surface area (Å²) in [5.41, 5.74) is 5.49. The second-order valence-electron chi connectivity index (χ2n) is 9.33. The Morgan fingerprint density at radius 3 is 2.16 bits per heavy atom. The maximum atomic E-state index is 2.42. The lowest BCUT2D eigenvalue weighted by Gasteiger charge is -2.17. The molecule has 0 fully saturated rings. The van der Waals surface area contributed by atoms with E-state index in [2.05, 4.69) is 123 Å². The number of thioether (sulfide) groups is 1. The predicted octanol–water partition coefficient (Wildman–Crippen LogP) is 10.8. The fourth-order valence-corrected chi connectivity index (χ4v) is 8.96. The third kappa shape index (κ3) is 4.55. The molecule has 0 saturated carbocycles. The van der Waals surface area contributed by atoms with E-state index in [9.17, 15) is 0 Å². The molecule has 0 radical (unpaired) electrons. The Bertz CT molecular complexity index is 1710. The van der Waals surface area contributed by atoms with Gasteiger partial charge in [-0.05, 0) is 83.7 Å². The van der Waals surface area contributed by atoms with Crippen molar-refractivity contribution < 1.29 is 0 Å². The van der Waals surface area contributed by atoms with E-state index in [1.54, 1.807) is 0 Å². The highest BCUT2D eigenvalue weighted by Gasteiger charge is 2.23.